The second kappa shape index (κ2) is 4.75. The van der Waals surface area contributed by atoms with E-state index in [2.05, 4.69) is 85.8 Å². The van der Waals surface area contributed by atoms with E-state index in [0.29, 0.717) is 0 Å². The van der Waals surface area contributed by atoms with E-state index in [1.807, 2.05) is 0 Å². The van der Waals surface area contributed by atoms with Gasteiger partial charge in [-0.15, -0.1) is 0 Å². The van der Waals surface area contributed by atoms with Gasteiger partial charge in [0.1, 0.15) is 0 Å². The van der Waals surface area contributed by atoms with Gasteiger partial charge >= 0.3 is 0 Å². The summed E-state index contributed by atoms with van der Waals surface area (Å²) in [6, 6.07) is 28.4. The molecule has 0 fully saturated rings. The minimum absolute atomic E-state index is 1.29. The summed E-state index contributed by atoms with van der Waals surface area (Å²) >= 11 is 0. The molecule has 0 saturated carbocycles. The zero-order chi connectivity index (χ0) is 14.2. The Labute approximate surface area is 124 Å². The Morgan fingerprint density at radius 1 is 0.571 bits per heavy atom. The van der Waals surface area contributed by atoms with Crippen LogP contribution in [-0.4, -0.2) is 0 Å². The van der Waals surface area contributed by atoms with E-state index in [4.69, 9.17) is 0 Å². The van der Waals surface area contributed by atoms with Crippen LogP contribution in [0.4, 0.5) is 0 Å². The predicted molar refractivity (Wildman–Crippen MR) is 91.6 cm³/mol. The topological polar surface area (TPSA) is 0 Å². The largest absolute Gasteiger partial charge is 0.0616 e. The molecule has 4 aromatic carbocycles. The van der Waals surface area contributed by atoms with E-state index in [1.165, 1.54) is 38.2 Å². The maximum atomic E-state index is 2.31. The van der Waals surface area contributed by atoms with Gasteiger partial charge in [-0.1, -0.05) is 72.3 Å². The van der Waals surface area contributed by atoms with Gasteiger partial charge in [-0.25, -0.2) is 0 Å². The lowest BCUT2D eigenvalue weighted by Gasteiger charge is -2.09. The first-order chi connectivity index (χ1) is 10.3. The van der Waals surface area contributed by atoms with Crippen LogP contribution in [0.2, 0.25) is 0 Å². The lowest BCUT2D eigenvalue weighted by atomic mass is 9.95. The molecule has 0 heterocycles. The molecule has 0 saturated heterocycles. The molecule has 0 aliphatic heterocycles. The van der Waals surface area contributed by atoms with Crippen LogP contribution in [0.15, 0.2) is 78.9 Å². The fraction of sp³-hybridized carbons (Fsp3) is 0.0476. The van der Waals surface area contributed by atoms with E-state index in [1.54, 1.807) is 0 Å². The van der Waals surface area contributed by atoms with Gasteiger partial charge in [0.05, 0.1) is 0 Å². The molecular formula is C21H16. The highest BCUT2D eigenvalue weighted by Crippen LogP contribution is 2.32. The van der Waals surface area contributed by atoms with Crippen molar-refractivity contribution in [1.82, 2.24) is 0 Å². The zero-order valence-corrected chi connectivity index (χ0v) is 12.0. The van der Waals surface area contributed by atoms with Crippen LogP contribution < -0.4 is 0 Å². The van der Waals surface area contributed by atoms with Gasteiger partial charge in [0.15, 0.2) is 0 Å². The number of hydrogen-bond acceptors (Lipinski definition) is 0. The van der Waals surface area contributed by atoms with Crippen molar-refractivity contribution in [3.05, 3.63) is 84.4 Å². The molecular weight excluding hydrogens is 252 g/mol. The Morgan fingerprint density at radius 2 is 1.29 bits per heavy atom. The van der Waals surface area contributed by atoms with Crippen molar-refractivity contribution < 1.29 is 0 Å². The molecule has 4 rings (SSSR count). The van der Waals surface area contributed by atoms with E-state index in [9.17, 15) is 0 Å². The van der Waals surface area contributed by atoms with Gasteiger partial charge in [0.25, 0.3) is 0 Å². The second-order valence-corrected chi connectivity index (χ2v) is 5.60. The Kier molecular flexibility index (Phi) is 2.75. The molecule has 0 atom stereocenters. The minimum atomic E-state index is 1.29. The summed E-state index contributed by atoms with van der Waals surface area (Å²) in [5.74, 6) is 0. The maximum absolute atomic E-state index is 2.31. The third kappa shape index (κ3) is 2.09. The normalized spacial score (nSPS) is 11.1. The van der Waals surface area contributed by atoms with Gasteiger partial charge in [0.2, 0.25) is 0 Å². The molecule has 0 bridgehead atoms. The van der Waals surface area contributed by atoms with Crippen molar-refractivity contribution in [2.75, 3.05) is 0 Å². The monoisotopic (exact) mass is 268 g/mol. The summed E-state index contributed by atoms with van der Waals surface area (Å²) < 4.78 is 0. The van der Waals surface area contributed by atoms with Crippen LogP contribution in [-0.2, 0) is 0 Å². The van der Waals surface area contributed by atoms with Crippen LogP contribution in [0, 0.1) is 6.92 Å². The van der Waals surface area contributed by atoms with Crippen LogP contribution in [0.1, 0.15) is 5.56 Å². The molecule has 0 amide bonds. The van der Waals surface area contributed by atoms with Crippen molar-refractivity contribution >= 4 is 21.5 Å². The molecule has 0 spiro atoms. The van der Waals surface area contributed by atoms with Gasteiger partial charge in [-0.3, -0.25) is 0 Å². The van der Waals surface area contributed by atoms with Crippen molar-refractivity contribution in [2.45, 2.75) is 6.92 Å². The molecule has 100 valence electrons. The number of aryl methyl sites for hydroxylation is 1. The Morgan fingerprint density at radius 3 is 2.10 bits per heavy atom. The highest BCUT2D eigenvalue weighted by atomic mass is 14.1. The zero-order valence-electron chi connectivity index (χ0n) is 12.0. The summed E-state index contributed by atoms with van der Waals surface area (Å²) in [5, 5.41) is 5.21. The molecule has 21 heavy (non-hydrogen) atoms. The summed E-state index contributed by atoms with van der Waals surface area (Å²) in [5.41, 5.74) is 3.89. The predicted octanol–water partition coefficient (Wildman–Crippen LogP) is 5.97. The standard InChI is InChI=1S/C21H16/c1-15-6-4-9-18(12-15)20-11-5-10-19-13-16-7-2-3-8-17(16)14-21(19)20/h2-14H,1H3. The van der Waals surface area contributed by atoms with E-state index >= 15 is 0 Å². The van der Waals surface area contributed by atoms with E-state index in [-0.39, 0.29) is 0 Å². The Bertz CT molecular complexity index is 948. The Hall–Kier alpha value is -2.60. The van der Waals surface area contributed by atoms with E-state index < -0.39 is 0 Å². The summed E-state index contributed by atoms with van der Waals surface area (Å²) in [6.45, 7) is 2.14. The number of fused-ring (bicyclic) bond motifs is 2. The molecule has 0 aliphatic carbocycles. The summed E-state index contributed by atoms with van der Waals surface area (Å²) in [7, 11) is 0. The fourth-order valence-electron chi connectivity index (χ4n) is 3.03. The fourth-order valence-corrected chi connectivity index (χ4v) is 3.03. The summed E-state index contributed by atoms with van der Waals surface area (Å²) in [6.07, 6.45) is 0. The van der Waals surface area contributed by atoms with Crippen molar-refractivity contribution in [3.63, 3.8) is 0 Å². The highest BCUT2D eigenvalue weighted by Gasteiger charge is 2.05. The lowest BCUT2D eigenvalue weighted by molar-refractivity contribution is 1.47. The number of hydrogen-bond donors (Lipinski definition) is 0. The van der Waals surface area contributed by atoms with Crippen LogP contribution >= 0.6 is 0 Å². The SMILES string of the molecule is Cc1cccc(-c2cccc3cc4ccccc4cc23)c1. The molecule has 0 radical (unpaired) electrons. The van der Waals surface area contributed by atoms with Gasteiger partial charge < -0.3 is 0 Å². The van der Waals surface area contributed by atoms with Crippen molar-refractivity contribution in [1.29, 1.82) is 0 Å². The first-order valence-corrected chi connectivity index (χ1v) is 7.30. The average Bonchev–Trinajstić information content (AvgIpc) is 2.52. The maximum Gasteiger partial charge on any atom is -0.00990 e. The number of benzene rings is 4. The molecule has 4 aromatic rings. The van der Waals surface area contributed by atoms with Crippen molar-refractivity contribution in [2.24, 2.45) is 0 Å². The first kappa shape index (κ1) is 12.2. The smallest absolute Gasteiger partial charge is 0.00990 e. The number of rotatable bonds is 1. The lowest BCUT2D eigenvalue weighted by Crippen LogP contribution is -1.83. The van der Waals surface area contributed by atoms with Gasteiger partial charge in [0, 0.05) is 0 Å². The molecule has 0 unspecified atom stereocenters. The van der Waals surface area contributed by atoms with Crippen LogP contribution in [0.25, 0.3) is 32.7 Å². The molecule has 0 heteroatoms. The molecule has 0 N–H and O–H groups in total. The third-order valence-corrected chi connectivity index (χ3v) is 4.08. The van der Waals surface area contributed by atoms with Crippen LogP contribution in [0.5, 0.6) is 0 Å². The van der Waals surface area contributed by atoms with Gasteiger partial charge in [-0.2, -0.15) is 0 Å². The van der Waals surface area contributed by atoms with Crippen LogP contribution in [0.3, 0.4) is 0 Å². The summed E-state index contributed by atoms with van der Waals surface area (Å²) in [4.78, 5) is 0. The van der Waals surface area contributed by atoms with E-state index in [0.717, 1.165) is 0 Å². The first-order valence-electron chi connectivity index (χ1n) is 7.30. The minimum Gasteiger partial charge on any atom is -0.0616 e. The average molecular weight is 268 g/mol. The second-order valence-electron chi connectivity index (χ2n) is 5.60. The van der Waals surface area contributed by atoms with Crippen molar-refractivity contribution in [3.8, 4) is 11.1 Å². The highest BCUT2D eigenvalue weighted by molar-refractivity contribution is 6.04. The molecule has 0 nitrogen and oxygen atoms in total. The molecule has 0 aromatic heterocycles. The Balaban J connectivity index is 2.07. The third-order valence-electron chi connectivity index (χ3n) is 4.08. The molecule has 0 aliphatic rings. The van der Waals surface area contributed by atoms with Gasteiger partial charge in [-0.05, 0) is 51.7 Å². The quantitative estimate of drug-likeness (QED) is 0.373.